The molecule has 0 bridgehead atoms. The summed E-state index contributed by atoms with van der Waals surface area (Å²) in [4.78, 5) is 13.8. The number of halogens is 1. The van der Waals surface area contributed by atoms with Crippen molar-refractivity contribution >= 4 is 11.7 Å². The average Bonchev–Trinajstić information content (AvgIpc) is 2.61. The molecule has 0 amide bonds. The Balaban J connectivity index is 2.49. The first-order valence-electron chi connectivity index (χ1n) is 8.63. The van der Waals surface area contributed by atoms with Crippen LogP contribution in [0.1, 0.15) is 25.3 Å². The summed E-state index contributed by atoms with van der Waals surface area (Å²) in [6, 6.07) is 4.94. The highest BCUT2D eigenvalue weighted by Crippen LogP contribution is 2.42. The van der Waals surface area contributed by atoms with Gasteiger partial charge in [0.1, 0.15) is 5.82 Å². The molecule has 0 spiro atoms. The summed E-state index contributed by atoms with van der Waals surface area (Å²) in [7, 11) is 0. The summed E-state index contributed by atoms with van der Waals surface area (Å²) in [6.07, 6.45) is 4.90. The molecular weight excluding hydrogens is 333 g/mol. The van der Waals surface area contributed by atoms with Gasteiger partial charge in [0, 0.05) is 19.0 Å². The number of hydrogen-bond acceptors (Lipinski definition) is 3. The zero-order chi connectivity index (χ0) is 19.3. The summed E-state index contributed by atoms with van der Waals surface area (Å²) in [6.45, 7) is 13.1. The van der Waals surface area contributed by atoms with Crippen molar-refractivity contribution in [2.24, 2.45) is 5.41 Å². The highest BCUT2D eigenvalue weighted by atomic mass is 19.1. The molecule has 140 valence electrons. The number of nitrogens with zero attached hydrogens (tertiary/aromatic N) is 1. The molecule has 0 saturated carbocycles. The smallest absolute Gasteiger partial charge is 0.310 e. The first-order chi connectivity index (χ1) is 12.3. The number of benzene rings is 1. The number of allylic oxidation sites excluding steroid dienone is 4. The van der Waals surface area contributed by atoms with E-state index in [2.05, 4.69) is 13.2 Å². The molecule has 0 aliphatic carbocycles. The maximum absolute atomic E-state index is 14.8. The second-order valence-electron chi connectivity index (χ2n) is 6.88. The van der Waals surface area contributed by atoms with Crippen LogP contribution in [-0.4, -0.2) is 37.4 Å². The number of rotatable bonds is 7. The molecule has 0 aromatic heterocycles. The summed E-state index contributed by atoms with van der Waals surface area (Å²) >= 11 is 0. The van der Waals surface area contributed by atoms with Gasteiger partial charge in [-0.05, 0) is 37.1 Å². The predicted molar refractivity (Wildman–Crippen MR) is 102 cm³/mol. The minimum atomic E-state index is -1.14. The van der Waals surface area contributed by atoms with Crippen molar-refractivity contribution < 1.29 is 19.0 Å². The second kappa shape index (κ2) is 8.32. The van der Waals surface area contributed by atoms with Crippen LogP contribution in [0, 0.1) is 11.2 Å². The molecule has 5 heteroatoms. The third kappa shape index (κ3) is 4.05. The van der Waals surface area contributed by atoms with E-state index < -0.39 is 17.3 Å². The van der Waals surface area contributed by atoms with Crippen LogP contribution in [0.4, 0.5) is 10.1 Å². The van der Waals surface area contributed by atoms with Crippen molar-refractivity contribution in [3.8, 4) is 0 Å². The number of aliphatic carboxylic acids is 1. The lowest BCUT2D eigenvalue weighted by Gasteiger charge is -2.33. The van der Waals surface area contributed by atoms with Crippen molar-refractivity contribution in [2.75, 3.05) is 31.2 Å². The van der Waals surface area contributed by atoms with Crippen LogP contribution in [0.2, 0.25) is 0 Å². The number of carboxylic acids is 1. The van der Waals surface area contributed by atoms with E-state index in [1.807, 2.05) is 4.90 Å². The van der Waals surface area contributed by atoms with E-state index >= 15 is 0 Å². The molecule has 1 fully saturated rings. The second-order valence-corrected chi connectivity index (χ2v) is 6.88. The van der Waals surface area contributed by atoms with E-state index in [0.717, 1.165) is 0 Å². The number of morpholine rings is 1. The molecule has 26 heavy (non-hydrogen) atoms. The maximum Gasteiger partial charge on any atom is 0.310 e. The van der Waals surface area contributed by atoms with E-state index in [1.165, 1.54) is 6.07 Å². The van der Waals surface area contributed by atoms with Gasteiger partial charge in [0.2, 0.25) is 0 Å². The van der Waals surface area contributed by atoms with Crippen molar-refractivity contribution in [1.82, 2.24) is 0 Å². The van der Waals surface area contributed by atoms with E-state index in [4.69, 9.17) is 4.74 Å². The number of hydrogen-bond donors (Lipinski definition) is 1. The molecule has 0 radical (unpaired) electrons. The monoisotopic (exact) mass is 359 g/mol. The Morgan fingerprint density at radius 3 is 2.50 bits per heavy atom. The third-order valence-electron chi connectivity index (χ3n) is 4.81. The van der Waals surface area contributed by atoms with E-state index in [-0.39, 0.29) is 5.82 Å². The van der Waals surface area contributed by atoms with Crippen molar-refractivity contribution in [2.45, 2.75) is 19.8 Å². The standard InChI is InChI=1S/C21H26FNO3/c1-5-7-15(6-2)19(21(3,4)20(24)25)16-8-9-18(17(22)14-16)23-10-12-26-13-11-23/h5-9,14,19H,1-2,10-13H2,3-4H3,(H,24,25)/b15-7+. The molecule has 1 atom stereocenters. The lowest BCUT2D eigenvalue weighted by molar-refractivity contribution is -0.147. The van der Waals surface area contributed by atoms with Crippen molar-refractivity contribution in [3.05, 3.63) is 66.5 Å². The molecule has 1 aliphatic heterocycles. The third-order valence-corrected chi connectivity index (χ3v) is 4.81. The Morgan fingerprint density at radius 1 is 1.35 bits per heavy atom. The molecular formula is C21H26FNO3. The Hall–Kier alpha value is -2.40. The fraction of sp³-hybridized carbons (Fsp3) is 0.381. The number of anilines is 1. The van der Waals surface area contributed by atoms with E-state index in [0.29, 0.717) is 43.1 Å². The van der Waals surface area contributed by atoms with Crippen LogP contribution in [0.15, 0.2) is 55.2 Å². The minimum absolute atomic E-state index is 0.363. The minimum Gasteiger partial charge on any atom is -0.481 e. The summed E-state index contributed by atoms with van der Waals surface area (Å²) in [5.74, 6) is -1.88. The maximum atomic E-state index is 14.8. The van der Waals surface area contributed by atoms with Gasteiger partial charge in [0.25, 0.3) is 0 Å². The first kappa shape index (κ1) is 19.9. The zero-order valence-electron chi connectivity index (χ0n) is 15.4. The van der Waals surface area contributed by atoms with Gasteiger partial charge in [0.05, 0.1) is 24.3 Å². The van der Waals surface area contributed by atoms with Gasteiger partial charge in [-0.1, -0.05) is 37.5 Å². The molecule has 2 rings (SSSR count). The average molecular weight is 359 g/mol. The summed E-state index contributed by atoms with van der Waals surface area (Å²) in [5, 5.41) is 9.71. The quantitative estimate of drug-likeness (QED) is 0.743. The molecule has 1 saturated heterocycles. The van der Waals surface area contributed by atoms with Crippen LogP contribution >= 0.6 is 0 Å². The fourth-order valence-corrected chi connectivity index (χ4v) is 3.33. The molecule has 1 aromatic rings. The topological polar surface area (TPSA) is 49.8 Å². The van der Waals surface area contributed by atoms with E-state index in [9.17, 15) is 14.3 Å². The molecule has 1 aromatic carbocycles. The molecule has 1 aliphatic rings. The van der Waals surface area contributed by atoms with Crippen LogP contribution in [0.5, 0.6) is 0 Å². The molecule has 1 N–H and O–H groups in total. The molecule has 4 nitrogen and oxygen atoms in total. The van der Waals surface area contributed by atoms with Gasteiger partial charge >= 0.3 is 5.97 Å². The number of carboxylic acid groups (broad SMARTS) is 1. The number of ether oxygens (including phenoxy) is 1. The van der Waals surface area contributed by atoms with Gasteiger partial charge in [0.15, 0.2) is 0 Å². The van der Waals surface area contributed by atoms with Crippen LogP contribution in [0.25, 0.3) is 0 Å². The molecule has 1 unspecified atom stereocenters. The zero-order valence-corrected chi connectivity index (χ0v) is 15.4. The normalized spacial score (nSPS) is 16.9. The van der Waals surface area contributed by atoms with Crippen LogP contribution in [0.3, 0.4) is 0 Å². The van der Waals surface area contributed by atoms with Crippen molar-refractivity contribution in [3.63, 3.8) is 0 Å². The first-order valence-corrected chi connectivity index (χ1v) is 8.63. The van der Waals surface area contributed by atoms with Gasteiger partial charge in [-0.2, -0.15) is 0 Å². The van der Waals surface area contributed by atoms with Crippen LogP contribution < -0.4 is 4.90 Å². The largest absolute Gasteiger partial charge is 0.481 e. The van der Waals surface area contributed by atoms with Gasteiger partial charge < -0.3 is 14.7 Å². The Bertz CT molecular complexity index is 718. The van der Waals surface area contributed by atoms with Gasteiger partial charge in [-0.25, -0.2) is 4.39 Å². The fourth-order valence-electron chi connectivity index (χ4n) is 3.33. The highest BCUT2D eigenvalue weighted by molar-refractivity contribution is 5.76. The lowest BCUT2D eigenvalue weighted by atomic mass is 9.70. The Kier molecular flexibility index (Phi) is 6.37. The van der Waals surface area contributed by atoms with E-state index in [1.54, 1.807) is 44.2 Å². The summed E-state index contributed by atoms with van der Waals surface area (Å²) < 4.78 is 20.2. The van der Waals surface area contributed by atoms with Crippen LogP contribution in [-0.2, 0) is 9.53 Å². The Labute approximate surface area is 154 Å². The lowest BCUT2D eigenvalue weighted by Crippen LogP contribution is -2.37. The summed E-state index contributed by atoms with van der Waals surface area (Å²) in [5.41, 5.74) is 0.651. The number of carbonyl (C=O) groups is 1. The molecule has 1 heterocycles. The van der Waals surface area contributed by atoms with Gasteiger partial charge in [-0.3, -0.25) is 4.79 Å². The van der Waals surface area contributed by atoms with Crippen molar-refractivity contribution in [1.29, 1.82) is 0 Å². The SMILES string of the molecule is C=C/C=C(\C=C)C(c1ccc(N2CCOCC2)c(F)c1)C(C)(C)C(=O)O. The Morgan fingerprint density at radius 2 is 2.00 bits per heavy atom. The predicted octanol–water partition coefficient (Wildman–Crippen LogP) is 4.16. The van der Waals surface area contributed by atoms with Gasteiger partial charge in [-0.15, -0.1) is 0 Å². The highest BCUT2D eigenvalue weighted by Gasteiger charge is 2.39.